The highest BCUT2D eigenvalue weighted by atomic mass is 16.5. The number of methoxy groups -OCH3 is 1. The van der Waals surface area contributed by atoms with Gasteiger partial charge in [0.05, 0.1) is 29.9 Å². The predicted octanol–water partition coefficient (Wildman–Crippen LogP) is 2.65. The number of aromatic amines is 1. The summed E-state index contributed by atoms with van der Waals surface area (Å²) in [5, 5.41) is 5.53. The van der Waals surface area contributed by atoms with Gasteiger partial charge in [0.1, 0.15) is 17.6 Å². The first kappa shape index (κ1) is 20.4. The van der Waals surface area contributed by atoms with E-state index in [-0.39, 0.29) is 30.7 Å². The molecule has 1 aliphatic rings. The number of rotatable bonds is 7. The largest absolute Gasteiger partial charge is 0.497 e. The molecule has 0 radical (unpaired) electrons. The second kappa shape index (κ2) is 8.47. The summed E-state index contributed by atoms with van der Waals surface area (Å²) in [6, 6.07) is 12.7. The lowest BCUT2D eigenvalue weighted by molar-refractivity contribution is -0.122. The third kappa shape index (κ3) is 4.20. The molecule has 4 amide bonds. The van der Waals surface area contributed by atoms with Gasteiger partial charge in [-0.1, -0.05) is 12.1 Å². The van der Waals surface area contributed by atoms with Crippen molar-refractivity contribution >= 4 is 34.6 Å². The number of fused-ring (bicyclic) bond motifs is 1. The fourth-order valence-electron chi connectivity index (χ4n) is 3.54. The summed E-state index contributed by atoms with van der Waals surface area (Å²) in [5.41, 5.74) is 2.18. The Kier molecular flexibility index (Phi) is 5.57. The number of nitrogens with zero attached hydrogens (tertiary/aromatic N) is 2. The molecule has 0 spiro atoms. The van der Waals surface area contributed by atoms with Crippen molar-refractivity contribution in [3.8, 4) is 5.75 Å². The molecule has 9 nitrogen and oxygen atoms in total. The first-order valence-corrected chi connectivity index (χ1v) is 9.99. The molecule has 0 unspecified atom stereocenters. The van der Waals surface area contributed by atoms with Gasteiger partial charge >= 0.3 is 6.03 Å². The average molecular weight is 421 g/mol. The number of anilines is 1. The lowest BCUT2D eigenvalue weighted by Gasteiger charge is -2.14. The van der Waals surface area contributed by atoms with E-state index < -0.39 is 12.1 Å². The van der Waals surface area contributed by atoms with E-state index in [0.29, 0.717) is 17.3 Å². The summed E-state index contributed by atoms with van der Waals surface area (Å²) in [4.78, 5) is 46.1. The molecule has 4 rings (SSSR count). The molecule has 2 atom stereocenters. The van der Waals surface area contributed by atoms with Gasteiger partial charge in [0.2, 0.25) is 5.91 Å². The number of benzene rings is 2. The molecular weight excluding hydrogens is 398 g/mol. The minimum Gasteiger partial charge on any atom is -0.497 e. The van der Waals surface area contributed by atoms with Gasteiger partial charge in [-0.05, 0) is 49.7 Å². The van der Waals surface area contributed by atoms with Gasteiger partial charge < -0.3 is 20.4 Å². The quantitative estimate of drug-likeness (QED) is 0.507. The smallest absolute Gasteiger partial charge is 0.329 e. The van der Waals surface area contributed by atoms with E-state index in [0.717, 1.165) is 15.9 Å². The molecule has 0 saturated carbocycles. The number of para-hydroxylation sites is 2. The van der Waals surface area contributed by atoms with Gasteiger partial charge in [-0.15, -0.1) is 0 Å². The summed E-state index contributed by atoms with van der Waals surface area (Å²) in [7, 11) is 1.54. The van der Waals surface area contributed by atoms with Crippen LogP contribution in [0.1, 0.15) is 31.6 Å². The van der Waals surface area contributed by atoms with Crippen LogP contribution >= 0.6 is 0 Å². The molecule has 2 aromatic carbocycles. The van der Waals surface area contributed by atoms with Crippen LogP contribution < -0.4 is 20.3 Å². The van der Waals surface area contributed by atoms with Crippen molar-refractivity contribution in [3.05, 3.63) is 54.4 Å². The van der Waals surface area contributed by atoms with Crippen LogP contribution in [-0.2, 0) is 9.59 Å². The summed E-state index contributed by atoms with van der Waals surface area (Å²) >= 11 is 0. The van der Waals surface area contributed by atoms with Gasteiger partial charge in [0.15, 0.2) is 0 Å². The normalized spacial score (nSPS) is 17.0. The highest BCUT2D eigenvalue weighted by molar-refractivity contribution is 6.21. The molecule has 0 aliphatic carbocycles. The molecule has 3 N–H and O–H groups in total. The van der Waals surface area contributed by atoms with E-state index in [1.54, 1.807) is 31.4 Å². The summed E-state index contributed by atoms with van der Waals surface area (Å²) in [5.74, 6) is 0.680. The van der Waals surface area contributed by atoms with E-state index >= 15 is 0 Å². The van der Waals surface area contributed by atoms with E-state index in [1.807, 2.05) is 31.2 Å². The van der Waals surface area contributed by atoms with Crippen molar-refractivity contribution in [2.45, 2.75) is 31.8 Å². The van der Waals surface area contributed by atoms with Crippen LogP contribution in [0.25, 0.3) is 11.0 Å². The maximum absolute atomic E-state index is 12.7. The highest BCUT2D eigenvalue weighted by Gasteiger charge is 2.39. The van der Waals surface area contributed by atoms with Crippen molar-refractivity contribution in [1.82, 2.24) is 20.6 Å². The number of amides is 4. The molecule has 1 saturated heterocycles. The Hall–Kier alpha value is -3.88. The molecule has 3 aromatic rings. The molecule has 31 heavy (non-hydrogen) atoms. The monoisotopic (exact) mass is 421 g/mol. The topological polar surface area (TPSA) is 116 Å². The van der Waals surface area contributed by atoms with Gasteiger partial charge in [-0.25, -0.2) is 14.7 Å². The molecule has 2 heterocycles. The second-order valence-electron chi connectivity index (χ2n) is 7.34. The fourth-order valence-corrected chi connectivity index (χ4v) is 3.54. The fraction of sp³-hybridized carbons (Fsp3) is 0.273. The van der Waals surface area contributed by atoms with Crippen molar-refractivity contribution in [3.63, 3.8) is 0 Å². The molecule has 9 heteroatoms. The van der Waals surface area contributed by atoms with E-state index in [1.165, 1.54) is 0 Å². The Labute approximate surface area is 178 Å². The van der Waals surface area contributed by atoms with Crippen LogP contribution in [0.3, 0.4) is 0 Å². The summed E-state index contributed by atoms with van der Waals surface area (Å²) in [6.45, 7) is 1.84. The van der Waals surface area contributed by atoms with Crippen LogP contribution in [0.4, 0.5) is 10.5 Å². The minimum atomic E-state index is -0.748. The van der Waals surface area contributed by atoms with Crippen LogP contribution in [0.2, 0.25) is 0 Å². The molecule has 0 bridgehead atoms. The maximum Gasteiger partial charge on any atom is 0.329 e. The molecule has 1 fully saturated rings. The number of hydrogen-bond acceptors (Lipinski definition) is 5. The maximum atomic E-state index is 12.7. The third-order valence-electron chi connectivity index (χ3n) is 5.21. The molecule has 160 valence electrons. The van der Waals surface area contributed by atoms with Crippen molar-refractivity contribution in [2.24, 2.45) is 0 Å². The minimum absolute atomic E-state index is 0.0949. The zero-order valence-corrected chi connectivity index (χ0v) is 17.2. The van der Waals surface area contributed by atoms with Crippen LogP contribution in [0.15, 0.2) is 48.5 Å². The Balaban J connectivity index is 1.33. The molecular formula is C22H23N5O4. The zero-order valence-electron chi connectivity index (χ0n) is 17.2. The Morgan fingerprint density at radius 2 is 1.94 bits per heavy atom. The van der Waals surface area contributed by atoms with Gasteiger partial charge in [0.25, 0.3) is 5.91 Å². The first-order valence-electron chi connectivity index (χ1n) is 9.99. The Morgan fingerprint density at radius 1 is 1.19 bits per heavy atom. The van der Waals surface area contributed by atoms with Crippen LogP contribution in [0.5, 0.6) is 5.75 Å². The standard InChI is InChI=1S/C22H23N5O4/c1-13(20-24-16-5-3-4-6-17(16)25-20)23-19(28)12-11-18-21(29)27(22(30)26-18)14-7-9-15(31-2)10-8-14/h3-10,13,18H,11-12H2,1-2H3,(H,23,28)(H,24,25)(H,26,30)/t13-,18-/m1/s1. The number of aromatic nitrogens is 2. The number of carbonyl (C=O) groups excluding carboxylic acids is 3. The average Bonchev–Trinajstić information content (AvgIpc) is 3.33. The Bertz CT molecular complexity index is 1090. The van der Waals surface area contributed by atoms with E-state index in [2.05, 4.69) is 20.6 Å². The van der Waals surface area contributed by atoms with Crippen molar-refractivity contribution in [1.29, 1.82) is 0 Å². The number of hydrogen-bond donors (Lipinski definition) is 3. The number of imidazole rings is 1. The van der Waals surface area contributed by atoms with E-state index in [9.17, 15) is 14.4 Å². The number of carbonyl (C=O) groups is 3. The van der Waals surface area contributed by atoms with Crippen LogP contribution in [0, 0.1) is 0 Å². The zero-order chi connectivity index (χ0) is 22.0. The van der Waals surface area contributed by atoms with Gasteiger partial charge in [-0.2, -0.15) is 0 Å². The van der Waals surface area contributed by atoms with E-state index in [4.69, 9.17) is 4.74 Å². The first-order chi connectivity index (χ1) is 15.0. The summed E-state index contributed by atoms with van der Waals surface area (Å²) < 4.78 is 5.10. The third-order valence-corrected chi connectivity index (χ3v) is 5.21. The summed E-state index contributed by atoms with van der Waals surface area (Å²) in [6.07, 6.45) is 0.299. The number of urea groups is 1. The second-order valence-corrected chi connectivity index (χ2v) is 7.34. The molecule has 1 aliphatic heterocycles. The van der Waals surface area contributed by atoms with Gasteiger partial charge in [0, 0.05) is 6.42 Å². The van der Waals surface area contributed by atoms with Gasteiger partial charge in [-0.3, -0.25) is 9.59 Å². The van der Waals surface area contributed by atoms with Crippen molar-refractivity contribution in [2.75, 3.05) is 12.0 Å². The lowest BCUT2D eigenvalue weighted by Crippen LogP contribution is -2.33. The number of imide groups is 1. The molecule has 1 aromatic heterocycles. The highest BCUT2D eigenvalue weighted by Crippen LogP contribution is 2.24. The van der Waals surface area contributed by atoms with Crippen LogP contribution in [-0.4, -0.2) is 41.0 Å². The number of nitrogens with one attached hydrogen (secondary N) is 3. The number of H-pyrrole nitrogens is 1. The lowest BCUT2D eigenvalue weighted by atomic mass is 10.1. The SMILES string of the molecule is COc1ccc(N2C(=O)N[C@H](CCC(=O)N[C@H](C)c3nc4ccccc4[nH]3)C2=O)cc1. The number of ether oxygens (including phenoxy) is 1. The predicted molar refractivity (Wildman–Crippen MR) is 115 cm³/mol. The van der Waals surface area contributed by atoms with Crippen molar-refractivity contribution < 1.29 is 19.1 Å². The Morgan fingerprint density at radius 3 is 2.65 bits per heavy atom.